The van der Waals surface area contributed by atoms with Crippen LogP contribution in [0.25, 0.3) is 0 Å². The molecule has 1 fully saturated rings. The molecule has 18 heavy (non-hydrogen) atoms. The minimum Gasteiger partial charge on any atom is -0.398 e. The van der Waals surface area contributed by atoms with Gasteiger partial charge in [0.15, 0.2) is 0 Å². The number of nitrogens with two attached hydrogens (primary N) is 1. The molecule has 0 bridgehead atoms. The van der Waals surface area contributed by atoms with Gasteiger partial charge < -0.3 is 10.5 Å². The number of hydrogen-bond donors (Lipinski definition) is 1. The second kappa shape index (κ2) is 6.55. The topological polar surface area (TPSA) is 52.3 Å². The van der Waals surface area contributed by atoms with Crippen LogP contribution in [0.1, 0.15) is 25.7 Å². The average molecular weight is 288 g/mol. The quantitative estimate of drug-likeness (QED) is 0.847. The summed E-state index contributed by atoms with van der Waals surface area (Å²) >= 11 is 5.92. The van der Waals surface area contributed by atoms with Gasteiger partial charge in [0.2, 0.25) is 0 Å². The van der Waals surface area contributed by atoms with Crippen molar-refractivity contribution >= 4 is 28.1 Å². The van der Waals surface area contributed by atoms with Crippen LogP contribution >= 0.6 is 11.6 Å². The first kappa shape index (κ1) is 13.8. The fraction of sp³-hybridized carbons (Fsp3) is 0.538. The number of nitrogen functional groups attached to an aromatic ring is 1. The van der Waals surface area contributed by atoms with Gasteiger partial charge in [-0.2, -0.15) is 0 Å². The second-order valence-corrected chi connectivity index (χ2v) is 6.49. The van der Waals surface area contributed by atoms with Crippen molar-refractivity contribution in [2.24, 2.45) is 0 Å². The number of halogens is 1. The van der Waals surface area contributed by atoms with Crippen LogP contribution in [0.5, 0.6) is 0 Å². The van der Waals surface area contributed by atoms with Crippen LogP contribution in [0, 0.1) is 0 Å². The van der Waals surface area contributed by atoms with Crippen LogP contribution in [0.3, 0.4) is 0 Å². The summed E-state index contributed by atoms with van der Waals surface area (Å²) in [6, 6.07) is 5.18. The fourth-order valence-electron chi connectivity index (χ4n) is 2.08. The van der Waals surface area contributed by atoms with Crippen LogP contribution in [0.15, 0.2) is 23.1 Å². The zero-order valence-electron chi connectivity index (χ0n) is 10.2. The summed E-state index contributed by atoms with van der Waals surface area (Å²) in [6.07, 6.45) is 4.58. The Morgan fingerprint density at radius 1 is 1.50 bits per heavy atom. The van der Waals surface area contributed by atoms with E-state index in [0.717, 1.165) is 37.2 Å². The molecule has 1 aromatic carbocycles. The molecule has 1 saturated heterocycles. The molecule has 1 aromatic rings. The Labute approximate surface area is 115 Å². The second-order valence-electron chi connectivity index (χ2n) is 4.51. The first-order chi connectivity index (χ1) is 8.66. The first-order valence-electron chi connectivity index (χ1n) is 6.22. The van der Waals surface area contributed by atoms with Gasteiger partial charge in [-0.3, -0.25) is 4.21 Å². The standard InChI is InChI=1S/C13H18ClNO2S/c14-12-9-11(5-6-13(12)15)18(16)8-2-4-10-3-1-7-17-10/h5-6,9-10H,1-4,7-8,15H2. The lowest BCUT2D eigenvalue weighted by atomic mass is 10.1. The van der Waals surface area contributed by atoms with Crippen molar-refractivity contribution in [3.63, 3.8) is 0 Å². The maximum atomic E-state index is 12.1. The largest absolute Gasteiger partial charge is 0.398 e. The van der Waals surface area contributed by atoms with Gasteiger partial charge in [0.05, 0.1) is 27.6 Å². The lowest BCUT2D eigenvalue weighted by molar-refractivity contribution is 0.104. The molecule has 2 unspecified atom stereocenters. The molecule has 1 aliphatic heterocycles. The number of ether oxygens (including phenoxy) is 1. The van der Waals surface area contributed by atoms with Crippen molar-refractivity contribution in [3.05, 3.63) is 23.2 Å². The van der Waals surface area contributed by atoms with E-state index < -0.39 is 10.8 Å². The molecule has 2 rings (SSSR count). The van der Waals surface area contributed by atoms with Crippen molar-refractivity contribution in [3.8, 4) is 0 Å². The Morgan fingerprint density at radius 2 is 2.33 bits per heavy atom. The Bertz CT molecular complexity index is 433. The summed E-state index contributed by atoms with van der Waals surface area (Å²) in [7, 11) is -0.997. The van der Waals surface area contributed by atoms with E-state index in [2.05, 4.69) is 0 Å². The van der Waals surface area contributed by atoms with Gasteiger partial charge in [-0.1, -0.05) is 11.6 Å². The monoisotopic (exact) mass is 287 g/mol. The zero-order chi connectivity index (χ0) is 13.0. The Balaban J connectivity index is 1.81. The van der Waals surface area contributed by atoms with E-state index >= 15 is 0 Å². The highest BCUT2D eigenvalue weighted by Crippen LogP contribution is 2.22. The molecular formula is C13H18ClNO2S. The number of hydrogen-bond acceptors (Lipinski definition) is 3. The Morgan fingerprint density at radius 3 is 3.00 bits per heavy atom. The van der Waals surface area contributed by atoms with Gasteiger partial charge >= 0.3 is 0 Å². The molecule has 100 valence electrons. The third-order valence-corrected chi connectivity index (χ3v) is 4.88. The zero-order valence-corrected chi connectivity index (χ0v) is 11.8. The summed E-state index contributed by atoms with van der Waals surface area (Å²) in [4.78, 5) is 0.751. The third-order valence-electron chi connectivity index (χ3n) is 3.11. The SMILES string of the molecule is Nc1ccc(S(=O)CCCC2CCCO2)cc1Cl. The molecule has 1 heterocycles. The van der Waals surface area contributed by atoms with E-state index in [0.29, 0.717) is 22.6 Å². The predicted octanol–water partition coefficient (Wildman–Crippen LogP) is 2.99. The molecule has 5 heteroatoms. The maximum absolute atomic E-state index is 12.1. The number of anilines is 1. The predicted molar refractivity (Wildman–Crippen MR) is 75.3 cm³/mol. The van der Waals surface area contributed by atoms with Crippen LogP contribution in [-0.4, -0.2) is 22.7 Å². The average Bonchev–Trinajstić information content (AvgIpc) is 2.85. The van der Waals surface area contributed by atoms with E-state index in [1.165, 1.54) is 0 Å². The summed E-state index contributed by atoms with van der Waals surface area (Å²) < 4.78 is 17.6. The highest BCUT2D eigenvalue weighted by molar-refractivity contribution is 7.85. The van der Waals surface area contributed by atoms with Gasteiger partial charge in [0.25, 0.3) is 0 Å². The lowest BCUT2D eigenvalue weighted by Crippen LogP contribution is -2.07. The smallest absolute Gasteiger partial charge is 0.0647 e. The van der Waals surface area contributed by atoms with Gasteiger partial charge in [0.1, 0.15) is 0 Å². The van der Waals surface area contributed by atoms with Crippen molar-refractivity contribution in [1.82, 2.24) is 0 Å². The number of rotatable bonds is 5. The molecule has 0 aromatic heterocycles. The minimum absolute atomic E-state index is 0.372. The molecule has 0 spiro atoms. The highest BCUT2D eigenvalue weighted by atomic mass is 35.5. The van der Waals surface area contributed by atoms with Crippen molar-refractivity contribution < 1.29 is 8.95 Å². The Kier molecular flexibility index (Phi) is 5.03. The highest BCUT2D eigenvalue weighted by Gasteiger charge is 2.15. The van der Waals surface area contributed by atoms with Crippen molar-refractivity contribution in [2.75, 3.05) is 18.1 Å². The van der Waals surface area contributed by atoms with Gasteiger partial charge in [0, 0.05) is 17.3 Å². The molecule has 2 atom stereocenters. The van der Waals surface area contributed by atoms with Gasteiger partial charge in [-0.15, -0.1) is 0 Å². The van der Waals surface area contributed by atoms with Crippen LogP contribution < -0.4 is 5.73 Å². The summed E-state index contributed by atoms with van der Waals surface area (Å²) in [6.45, 7) is 0.876. The summed E-state index contributed by atoms with van der Waals surface area (Å²) in [5.41, 5.74) is 6.15. The van der Waals surface area contributed by atoms with Gasteiger partial charge in [-0.05, 0) is 43.9 Å². The summed E-state index contributed by atoms with van der Waals surface area (Å²) in [5.74, 6) is 0.653. The fourth-order valence-corrected chi connectivity index (χ4v) is 3.46. The molecule has 3 nitrogen and oxygen atoms in total. The van der Waals surface area contributed by atoms with E-state index in [1.54, 1.807) is 18.2 Å². The lowest BCUT2D eigenvalue weighted by Gasteiger charge is -2.09. The van der Waals surface area contributed by atoms with E-state index in [1.807, 2.05) is 0 Å². The molecule has 1 aliphatic rings. The molecule has 2 N–H and O–H groups in total. The van der Waals surface area contributed by atoms with E-state index in [-0.39, 0.29) is 0 Å². The van der Waals surface area contributed by atoms with Gasteiger partial charge in [-0.25, -0.2) is 0 Å². The first-order valence-corrected chi connectivity index (χ1v) is 7.91. The van der Waals surface area contributed by atoms with Crippen LogP contribution in [0.2, 0.25) is 5.02 Å². The third kappa shape index (κ3) is 3.70. The Hall–Kier alpha value is -0.580. The maximum Gasteiger partial charge on any atom is 0.0647 e. The van der Waals surface area contributed by atoms with Crippen molar-refractivity contribution in [2.45, 2.75) is 36.7 Å². The van der Waals surface area contributed by atoms with Crippen molar-refractivity contribution in [1.29, 1.82) is 0 Å². The van der Waals surface area contributed by atoms with E-state index in [4.69, 9.17) is 22.1 Å². The normalized spacial score (nSPS) is 21.1. The van der Waals surface area contributed by atoms with E-state index in [9.17, 15) is 4.21 Å². The minimum atomic E-state index is -0.997. The number of benzene rings is 1. The molecule has 0 aliphatic carbocycles. The molecule has 0 amide bonds. The molecule has 0 radical (unpaired) electrons. The summed E-state index contributed by atoms with van der Waals surface area (Å²) in [5, 5.41) is 0.472. The van der Waals surface area contributed by atoms with Crippen LogP contribution in [0.4, 0.5) is 5.69 Å². The molecule has 0 saturated carbocycles. The van der Waals surface area contributed by atoms with Crippen LogP contribution in [-0.2, 0) is 15.5 Å². The molecular weight excluding hydrogens is 270 g/mol.